The summed E-state index contributed by atoms with van der Waals surface area (Å²) in [5.41, 5.74) is 10.5. The van der Waals surface area contributed by atoms with E-state index in [1.165, 1.54) is 6.33 Å². The van der Waals surface area contributed by atoms with E-state index in [4.69, 9.17) is 24.7 Å². The lowest BCUT2D eigenvalue weighted by atomic mass is 9.80. The van der Waals surface area contributed by atoms with Gasteiger partial charge >= 0.3 is 0 Å². The van der Waals surface area contributed by atoms with Gasteiger partial charge < -0.3 is 29.7 Å². The maximum Gasteiger partial charge on any atom is 0.164 e. The quantitative estimate of drug-likeness (QED) is 0.259. The Kier molecular flexibility index (Phi) is 6.36. The van der Waals surface area contributed by atoms with Crippen LogP contribution in [-0.4, -0.2) is 45.7 Å². The number of ether oxygens (including phenoxy) is 4. The number of aromatic amines is 1. The molecule has 7 rings (SSSR count). The molecule has 2 aliphatic heterocycles. The lowest BCUT2D eigenvalue weighted by Gasteiger charge is -2.37. The summed E-state index contributed by atoms with van der Waals surface area (Å²) in [6, 6.07) is 30.9. The zero-order valence-electron chi connectivity index (χ0n) is 22.9. The highest BCUT2D eigenvalue weighted by Crippen LogP contribution is 2.48. The fraction of sp³-hybridized carbons (Fsp3) is 0.273. The number of fused-ring (bicyclic) bond motifs is 2. The molecule has 3 N–H and O–H groups in total. The van der Waals surface area contributed by atoms with Gasteiger partial charge in [0.1, 0.15) is 41.9 Å². The summed E-state index contributed by atoms with van der Waals surface area (Å²) in [4.78, 5) is 11.8. The van der Waals surface area contributed by atoms with Crippen LogP contribution in [0.15, 0.2) is 104 Å². The van der Waals surface area contributed by atoms with Gasteiger partial charge in [-0.1, -0.05) is 91.0 Å². The van der Waals surface area contributed by atoms with Crippen LogP contribution in [0.5, 0.6) is 0 Å². The molecule has 4 heterocycles. The Morgan fingerprint density at radius 1 is 0.829 bits per heavy atom. The second-order valence-corrected chi connectivity index (χ2v) is 11.0. The van der Waals surface area contributed by atoms with Gasteiger partial charge in [0.15, 0.2) is 11.6 Å². The van der Waals surface area contributed by atoms with E-state index < -0.39 is 23.6 Å². The van der Waals surface area contributed by atoms with Crippen LogP contribution in [0.1, 0.15) is 42.2 Å². The van der Waals surface area contributed by atoms with Crippen molar-refractivity contribution in [1.29, 1.82) is 0 Å². The van der Waals surface area contributed by atoms with Crippen LogP contribution in [0.4, 0.5) is 5.82 Å². The number of nitrogens with zero attached hydrogens (tertiary/aromatic N) is 2. The molecule has 2 saturated heterocycles. The van der Waals surface area contributed by atoms with Gasteiger partial charge in [-0.2, -0.15) is 0 Å². The van der Waals surface area contributed by atoms with Gasteiger partial charge in [0.2, 0.25) is 0 Å². The van der Waals surface area contributed by atoms with E-state index in [-0.39, 0.29) is 18.8 Å². The van der Waals surface area contributed by atoms with Crippen LogP contribution in [0, 0.1) is 0 Å². The van der Waals surface area contributed by atoms with Crippen LogP contribution in [0.25, 0.3) is 11.0 Å². The van der Waals surface area contributed by atoms with E-state index in [0.29, 0.717) is 16.9 Å². The molecular weight excluding hydrogens is 516 g/mol. The molecule has 8 heteroatoms. The van der Waals surface area contributed by atoms with Crippen molar-refractivity contribution in [1.82, 2.24) is 15.0 Å². The molecule has 41 heavy (non-hydrogen) atoms. The predicted molar refractivity (Wildman–Crippen MR) is 155 cm³/mol. The number of nitrogens with two attached hydrogens (primary N) is 1. The minimum atomic E-state index is -0.877. The van der Waals surface area contributed by atoms with Crippen LogP contribution >= 0.6 is 0 Å². The van der Waals surface area contributed by atoms with Crippen LogP contribution < -0.4 is 5.73 Å². The number of H-pyrrole nitrogens is 1. The zero-order valence-corrected chi connectivity index (χ0v) is 22.9. The van der Waals surface area contributed by atoms with Gasteiger partial charge in [-0.15, -0.1) is 0 Å². The Labute approximate surface area is 238 Å². The van der Waals surface area contributed by atoms with Crippen molar-refractivity contribution in [2.75, 3.05) is 12.3 Å². The minimum Gasteiger partial charge on any atom is -0.382 e. The molecule has 0 aliphatic carbocycles. The van der Waals surface area contributed by atoms with E-state index in [2.05, 4.69) is 51.4 Å². The summed E-state index contributed by atoms with van der Waals surface area (Å²) >= 11 is 0. The van der Waals surface area contributed by atoms with Gasteiger partial charge in [-0.3, -0.25) is 0 Å². The van der Waals surface area contributed by atoms with E-state index >= 15 is 0 Å². The Hall–Kier alpha value is -4.08. The normalized spacial score (nSPS) is 23.6. The van der Waals surface area contributed by atoms with Gasteiger partial charge in [0.05, 0.1) is 12.1 Å². The molecule has 0 bridgehead atoms. The average molecular weight is 549 g/mol. The third-order valence-electron chi connectivity index (χ3n) is 7.98. The Bertz CT molecular complexity index is 1550. The molecule has 0 radical (unpaired) electrons. The number of hydrogen-bond acceptors (Lipinski definition) is 7. The first kappa shape index (κ1) is 25.9. The summed E-state index contributed by atoms with van der Waals surface area (Å²) in [5.74, 6) is -0.386. The highest BCUT2D eigenvalue weighted by Gasteiger charge is 2.56. The number of hydrogen-bond donors (Lipinski definition) is 2. The van der Waals surface area contributed by atoms with Crippen molar-refractivity contribution < 1.29 is 18.9 Å². The highest BCUT2D eigenvalue weighted by molar-refractivity contribution is 5.87. The summed E-state index contributed by atoms with van der Waals surface area (Å²) in [6.07, 6.45) is 1.79. The van der Waals surface area contributed by atoms with E-state index in [9.17, 15) is 0 Å². The third-order valence-corrected chi connectivity index (χ3v) is 7.98. The summed E-state index contributed by atoms with van der Waals surface area (Å²) < 4.78 is 26.7. The van der Waals surface area contributed by atoms with Gasteiger partial charge in [0.25, 0.3) is 0 Å². The number of aromatic nitrogens is 3. The number of benzene rings is 3. The third kappa shape index (κ3) is 4.40. The molecule has 0 unspecified atom stereocenters. The van der Waals surface area contributed by atoms with Crippen molar-refractivity contribution in [2.45, 2.75) is 49.7 Å². The first-order valence-electron chi connectivity index (χ1n) is 13.9. The fourth-order valence-electron chi connectivity index (χ4n) is 6.24. The minimum absolute atomic E-state index is 0.259. The standard InChI is InChI=1S/C33H32N4O4/c1-32(2)40-29-25(39-28(30(29)41-32)24-18-35-27-26(24)36-20-37-31(27)34)19-38-33(21-12-6-3-7-13-21,22-14-8-4-9-15-22)23-16-10-5-11-17-23/h3-18,20,25,28-30,35H,19H2,1-2H3,(H2,34,36,37)/t25-,28+,29-,30-/m0/s1. The Balaban J connectivity index is 1.28. The van der Waals surface area contributed by atoms with Crippen LogP contribution in [0.3, 0.4) is 0 Å². The molecule has 0 amide bonds. The molecule has 2 aromatic heterocycles. The molecule has 4 atom stereocenters. The van der Waals surface area contributed by atoms with E-state index in [1.54, 1.807) is 0 Å². The van der Waals surface area contributed by atoms with Crippen molar-refractivity contribution in [3.05, 3.63) is 126 Å². The summed E-state index contributed by atoms with van der Waals surface area (Å²) in [5, 5.41) is 0. The maximum absolute atomic E-state index is 7.11. The van der Waals surface area contributed by atoms with Crippen LogP contribution in [0.2, 0.25) is 0 Å². The van der Waals surface area contributed by atoms with Gasteiger partial charge in [-0.05, 0) is 30.5 Å². The smallest absolute Gasteiger partial charge is 0.164 e. The first-order chi connectivity index (χ1) is 20.0. The predicted octanol–water partition coefficient (Wildman–Crippen LogP) is 5.51. The second-order valence-electron chi connectivity index (χ2n) is 11.0. The lowest BCUT2D eigenvalue weighted by molar-refractivity contribution is -0.196. The first-order valence-corrected chi connectivity index (χ1v) is 13.9. The monoisotopic (exact) mass is 548 g/mol. The lowest BCUT2D eigenvalue weighted by Crippen LogP contribution is -2.39. The van der Waals surface area contributed by atoms with Crippen LogP contribution in [-0.2, 0) is 24.5 Å². The Morgan fingerprint density at radius 3 is 1.98 bits per heavy atom. The van der Waals surface area contributed by atoms with Crippen molar-refractivity contribution in [3.63, 3.8) is 0 Å². The molecule has 8 nitrogen and oxygen atoms in total. The van der Waals surface area contributed by atoms with Crippen molar-refractivity contribution >= 4 is 16.9 Å². The summed E-state index contributed by atoms with van der Waals surface area (Å²) in [6.45, 7) is 4.12. The van der Waals surface area contributed by atoms with Crippen molar-refractivity contribution in [2.24, 2.45) is 0 Å². The van der Waals surface area contributed by atoms with Gasteiger partial charge in [0, 0.05) is 11.8 Å². The van der Waals surface area contributed by atoms with Crippen molar-refractivity contribution in [3.8, 4) is 0 Å². The highest BCUT2D eigenvalue weighted by atomic mass is 16.8. The number of nitrogen functional groups attached to an aromatic ring is 1. The molecule has 0 saturated carbocycles. The largest absolute Gasteiger partial charge is 0.382 e. The molecular formula is C33H32N4O4. The molecule has 3 aromatic carbocycles. The Morgan fingerprint density at radius 2 is 1.39 bits per heavy atom. The van der Waals surface area contributed by atoms with Gasteiger partial charge in [-0.25, -0.2) is 9.97 Å². The topological polar surface area (TPSA) is 105 Å². The molecule has 5 aromatic rings. The maximum atomic E-state index is 7.11. The fourth-order valence-corrected chi connectivity index (χ4v) is 6.24. The molecule has 208 valence electrons. The van der Waals surface area contributed by atoms with E-state index in [0.717, 1.165) is 22.3 Å². The molecule has 2 fully saturated rings. The summed E-state index contributed by atoms with van der Waals surface area (Å²) in [7, 11) is 0. The van der Waals surface area contributed by atoms with E-state index in [1.807, 2.05) is 74.6 Å². The number of rotatable bonds is 7. The average Bonchev–Trinajstić information content (AvgIpc) is 3.67. The number of nitrogens with one attached hydrogen (secondary N) is 1. The molecule has 2 aliphatic rings. The zero-order chi connectivity index (χ0) is 28.0. The molecule has 0 spiro atoms. The second kappa shape index (κ2) is 10.1. The SMILES string of the molecule is CC1(C)O[C@@H]2[C@@H](O1)[C@@H](c1c[nH]c3c(N)ncnc13)O[C@H]2COC(c1ccccc1)(c1ccccc1)c1ccccc1. The number of anilines is 1.